The minimum Gasteiger partial charge on any atom is -0.493 e. The zero-order chi connectivity index (χ0) is 16.4. The Morgan fingerprint density at radius 1 is 1.43 bits per heavy atom. The van der Waals surface area contributed by atoms with E-state index >= 15 is 0 Å². The lowest BCUT2D eigenvalue weighted by Gasteiger charge is -2.30. The first kappa shape index (κ1) is 16.3. The molecular weight excluding hydrogens is 318 g/mol. The van der Waals surface area contributed by atoms with Crippen molar-refractivity contribution in [2.24, 2.45) is 5.92 Å². The van der Waals surface area contributed by atoms with Crippen molar-refractivity contribution < 1.29 is 22.7 Å². The van der Waals surface area contributed by atoms with Gasteiger partial charge in [0, 0.05) is 19.5 Å². The molecule has 1 saturated heterocycles. The van der Waals surface area contributed by atoms with E-state index in [9.17, 15) is 13.2 Å². The summed E-state index contributed by atoms with van der Waals surface area (Å²) >= 11 is 0. The third-order valence-electron chi connectivity index (χ3n) is 4.30. The summed E-state index contributed by atoms with van der Waals surface area (Å²) in [6.07, 6.45) is 2.06. The predicted molar refractivity (Wildman–Crippen MR) is 83.8 cm³/mol. The number of esters is 1. The van der Waals surface area contributed by atoms with Crippen LogP contribution in [0.15, 0.2) is 23.1 Å². The van der Waals surface area contributed by atoms with Crippen molar-refractivity contribution in [2.75, 3.05) is 26.3 Å². The predicted octanol–water partition coefficient (Wildman–Crippen LogP) is 1.59. The molecule has 3 rings (SSSR count). The molecule has 0 N–H and O–H groups in total. The highest BCUT2D eigenvalue weighted by molar-refractivity contribution is 7.89. The molecule has 1 unspecified atom stereocenters. The van der Waals surface area contributed by atoms with Crippen LogP contribution < -0.4 is 4.74 Å². The molecule has 0 radical (unpaired) electrons. The van der Waals surface area contributed by atoms with Gasteiger partial charge in [-0.25, -0.2) is 8.42 Å². The van der Waals surface area contributed by atoms with Gasteiger partial charge in [-0.15, -0.1) is 0 Å². The van der Waals surface area contributed by atoms with Crippen LogP contribution in [0.5, 0.6) is 5.75 Å². The number of benzene rings is 1. The van der Waals surface area contributed by atoms with E-state index in [2.05, 4.69) is 0 Å². The summed E-state index contributed by atoms with van der Waals surface area (Å²) in [4.78, 5) is 12.2. The van der Waals surface area contributed by atoms with Crippen LogP contribution in [0.25, 0.3) is 0 Å². The number of rotatable bonds is 4. The summed E-state index contributed by atoms with van der Waals surface area (Å²) in [7, 11) is -3.59. The Bertz CT molecular complexity index is 700. The monoisotopic (exact) mass is 339 g/mol. The Balaban J connectivity index is 1.80. The molecule has 0 aliphatic carbocycles. The van der Waals surface area contributed by atoms with Gasteiger partial charge in [0.1, 0.15) is 5.75 Å². The summed E-state index contributed by atoms with van der Waals surface area (Å²) in [6.45, 7) is 3.28. The van der Waals surface area contributed by atoms with Crippen LogP contribution in [0.3, 0.4) is 0 Å². The number of carbonyl (C=O) groups is 1. The lowest BCUT2D eigenvalue weighted by atomic mass is 10.0. The highest BCUT2D eigenvalue weighted by atomic mass is 32.2. The first-order valence-corrected chi connectivity index (χ1v) is 9.39. The minimum absolute atomic E-state index is 0.189. The van der Waals surface area contributed by atoms with Gasteiger partial charge in [0.05, 0.1) is 24.0 Å². The van der Waals surface area contributed by atoms with Crippen LogP contribution in [0.1, 0.15) is 25.3 Å². The van der Waals surface area contributed by atoms with Gasteiger partial charge in [-0.05, 0) is 43.5 Å². The number of piperidine rings is 1. The van der Waals surface area contributed by atoms with Crippen molar-refractivity contribution >= 4 is 16.0 Å². The molecular formula is C16H21NO5S. The van der Waals surface area contributed by atoms with Crippen molar-refractivity contribution in [3.63, 3.8) is 0 Å². The Morgan fingerprint density at radius 3 is 3.04 bits per heavy atom. The smallest absolute Gasteiger partial charge is 0.310 e. The van der Waals surface area contributed by atoms with Crippen LogP contribution in [-0.4, -0.2) is 45.0 Å². The fourth-order valence-electron chi connectivity index (χ4n) is 3.09. The average molecular weight is 339 g/mol. The molecule has 0 amide bonds. The van der Waals surface area contributed by atoms with Crippen LogP contribution in [-0.2, 0) is 26.0 Å². The Labute approximate surface area is 136 Å². The summed E-state index contributed by atoms with van der Waals surface area (Å²) in [6, 6.07) is 4.97. The molecule has 2 aliphatic heterocycles. The number of ether oxygens (including phenoxy) is 2. The van der Waals surface area contributed by atoms with Crippen molar-refractivity contribution in [3.05, 3.63) is 23.8 Å². The number of sulfonamides is 1. The molecule has 0 spiro atoms. The van der Waals surface area contributed by atoms with E-state index in [0.717, 1.165) is 17.7 Å². The number of nitrogens with zero attached hydrogens (tertiary/aromatic N) is 1. The molecule has 2 aliphatic rings. The molecule has 23 heavy (non-hydrogen) atoms. The van der Waals surface area contributed by atoms with Gasteiger partial charge < -0.3 is 9.47 Å². The van der Waals surface area contributed by atoms with Crippen LogP contribution >= 0.6 is 0 Å². The lowest BCUT2D eigenvalue weighted by molar-refractivity contribution is -0.149. The largest absolute Gasteiger partial charge is 0.493 e. The van der Waals surface area contributed by atoms with Gasteiger partial charge in [-0.2, -0.15) is 4.31 Å². The first-order chi connectivity index (χ1) is 11.0. The standard InChI is InChI=1S/C16H21NO5S/c1-2-21-16(18)13-4-3-8-17(11-13)23(19,20)14-5-6-15-12(10-14)7-9-22-15/h5-6,10,13H,2-4,7-9,11H2,1H3. The summed E-state index contributed by atoms with van der Waals surface area (Å²) in [5.41, 5.74) is 0.921. The van der Waals surface area contributed by atoms with Crippen molar-refractivity contribution in [1.29, 1.82) is 0 Å². The topological polar surface area (TPSA) is 72.9 Å². The zero-order valence-corrected chi connectivity index (χ0v) is 14.0. The average Bonchev–Trinajstić information content (AvgIpc) is 3.03. The number of hydrogen-bond acceptors (Lipinski definition) is 5. The third kappa shape index (κ3) is 3.21. The second kappa shape index (κ2) is 6.49. The number of hydrogen-bond donors (Lipinski definition) is 0. The second-order valence-electron chi connectivity index (χ2n) is 5.82. The quantitative estimate of drug-likeness (QED) is 0.779. The van der Waals surface area contributed by atoms with E-state index in [1.165, 1.54) is 4.31 Å². The van der Waals surface area contributed by atoms with E-state index in [1.807, 2.05) is 0 Å². The molecule has 1 fully saturated rings. The molecule has 1 aromatic rings. The molecule has 2 heterocycles. The second-order valence-corrected chi connectivity index (χ2v) is 7.76. The van der Waals surface area contributed by atoms with Crippen LogP contribution in [0, 0.1) is 5.92 Å². The van der Waals surface area contributed by atoms with Gasteiger partial charge in [0.15, 0.2) is 0 Å². The molecule has 0 saturated carbocycles. The maximum Gasteiger partial charge on any atom is 0.310 e. The van der Waals surface area contributed by atoms with E-state index < -0.39 is 10.0 Å². The Kier molecular flexibility index (Phi) is 4.59. The zero-order valence-electron chi connectivity index (χ0n) is 13.2. The van der Waals surface area contributed by atoms with E-state index in [1.54, 1.807) is 25.1 Å². The van der Waals surface area contributed by atoms with E-state index in [-0.39, 0.29) is 23.3 Å². The van der Waals surface area contributed by atoms with E-state index in [4.69, 9.17) is 9.47 Å². The maximum absolute atomic E-state index is 12.8. The lowest BCUT2D eigenvalue weighted by Crippen LogP contribution is -2.42. The SMILES string of the molecule is CCOC(=O)C1CCCN(S(=O)(=O)c2ccc3c(c2)CCO3)C1. The molecule has 6 nitrogen and oxygen atoms in total. The third-order valence-corrected chi connectivity index (χ3v) is 6.16. The Morgan fingerprint density at radius 2 is 2.26 bits per heavy atom. The van der Waals surface area contributed by atoms with Crippen LogP contribution in [0.2, 0.25) is 0 Å². The van der Waals surface area contributed by atoms with Crippen molar-refractivity contribution in [3.8, 4) is 5.75 Å². The summed E-state index contributed by atoms with van der Waals surface area (Å²) in [5, 5.41) is 0. The molecule has 7 heteroatoms. The highest BCUT2D eigenvalue weighted by Crippen LogP contribution is 2.30. The molecule has 1 atom stereocenters. The minimum atomic E-state index is -3.59. The molecule has 0 aromatic heterocycles. The van der Waals surface area contributed by atoms with Crippen LogP contribution in [0.4, 0.5) is 0 Å². The Hall–Kier alpha value is -1.60. The van der Waals surface area contributed by atoms with Gasteiger partial charge in [0.2, 0.25) is 10.0 Å². The fourth-order valence-corrected chi connectivity index (χ4v) is 4.66. The molecule has 126 valence electrons. The van der Waals surface area contributed by atoms with Crippen molar-refractivity contribution in [2.45, 2.75) is 31.1 Å². The van der Waals surface area contributed by atoms with E-state index in [0.29, 0.717) is 32.6 Å². The van der Waals surface area contributed by atoms with Gasteiger partial charge >= 0.3 is 5.97 Å². The maximum atomic E-state index is 12.8. The number of carbonyl (C=O) groups excluding carboxylic acids is 1. The summed E-state index contributed by atoms with van der Waals surface area (Å²) in [5.74, 6) is 0.0676. The molecule has 1 aromatic carbocycles. The van der Waals surface area contributed by atoms with Gasteiger partial charge in [-0.1, -0.05) is 0 Å². The van der Waals surface area contributed by atoms with Crippen molar-refractivity contribution in [1.82, 2.24) is 4.31 Å². The first-order valence-electron chi connectivity index (χ1n) is 7.95. The highest BCUT2D eigenvalue weighted by Gasteiger charge is 2.34. The normalized spacial score (nSPS) is 21.5. The van der Waals surface area contributed by atoms with Gasteiger partial charge in [-0.3, -0.25) is 4.79 Å². The number of fused-ring (bicyclic) bond motifs is 1. The summed E-state index contributed by atoms with van der Waals surface area (Å²) < 4.78 is 37.5. The molecule has 0 bridgehead atoms. The van der Waals surface area contributed by atoms with Gasteiger partial charge in [0.25, 0.3) is 0 Å². The fraction of sp³-hybridized carbons (Fsp3) is 0.562.